The van der Waals surface area contributed by atoms with Gasteiger partial charge in [0.05, 0.1) is 24.3 Å². The van der Waals surface area contributed by atoms with E-state index in [4.69, 9.17) is 18.9 Å². The third kappa shape index (κ3) is 2.62. The molecule has 0 unspecified atom stereocenters. The lowest BCUT2D eigenvalue weighted by molar-refractivity contribution is -0.152. The van der Waals surface area contributed by atoms with Gasteiger partial charge in [-0.25, -0.2) is 0 Å². The van der Waals surface area contributed by atoms with Crippen LogP contribution in [0.1, 0.15) is 22.3 Å². The molecule has 2 fully saturated rings. The van der Waals surface area contributed by atoms with Gasteiger partial charge in [-0.2, -0.15) is 21.0 Å². The Morgan fingerprint density at radius 2 is 0.609 bits per heavy atom. The number of nitrogens with zero attached hydrogens (tertiary/aromatic N) is 4. The van der Waals surface area contributed by atoms with Gasteiger partial charge in [0.25, 0.3) is 0 Å². The third-order valence-corrected chi connectivity index (χ3v) is 10.7. The van der Waals surface area contributed by atoms with Gasteiger partial charge in [0.2, 0.25) is 22.4 Å². The summed E-state index contributed by atoms with van der Waals surface area (Å²) in [7, 11) is 5.97. The molecule has 8 heteroatoms. The summed E-state index contributed by atoms with van der Waals surface area (Å²) in [6.07, 6.45) is 0. The van der Waals surface area contributed by atoms with Crippen LogP contribution in [0.25, 0.3) is 22.3 Å². The van der Waals surface area contributed by atoms with E-state index in [0.29, 0.717) is 0 Å². The number of nitriles is 4. The number of benzene rings is 4. The summed E-state index contributed by atoms with van der Waals surface area (Å²) in [5.41, 5.74) is 3.02. The minimum Gasteiger partial charge on any atom is -0.350 e. The number of methoxy groups -OCH3 is 4. The number of fused-ring (bicyclic) bond motifs is 10. The molecule has 8 nitrogen and oxygen atoms in total. The van der Waals surface area contributed by atoms with Crippen LogP contribution in [0, 0.1) is 56.2 Å². The Kier molecular flexibility index (Phi) is 6.13. The van der Waals surface area contributed by atoms with Crippen LogP contribution in [-0.4, -0.2) is 40.0 Å². The van der Waals surface area contributed by atoms with Gasteiger partial charge in [-0.3, -0.25) is 0 Å². The molecular weight excluding hydrogens is 576 g/mol. The second-order valence-corrected chi connectivity index (χ2v) is 11.7. The monoisotopic (exact) mass is 604 g/mol. The zero-order chi connectivity index (χ0) is 32.6. The van der Waals surface area contributed by atoms with E-state index in [-0.39, 0.29) is 0 Å². The molecule has 4 aliphatic carbocycles. The Labute approximate surface area is 267 Å². The van der Waals surface area contributed by atoms with Crippen LogP contribution in [0.3, 0.4) is 0 Å². The van der Waals surface area contributed by atoms with Crippen molar-refractivity contribution in [1.29, 1.82) is 21.0 Å². The molecule has 0 amide bonds. The largest absolute Gasteiger partial charge is 0.350 e. The van der Waals surface area contributed by atoms with Gasteiger partial charge < -0.3 is 18.9 Å². The van der Waals surface area contributed by atoms with Crippen LogP contribution < -0.4 is 0 Å². The van der Waals surface area contributed by atoms with Gasteiger partial charge in [-0.05, 0) is 44.5 Å². The van der Waals surface area contributed by atoms with Crippen molar-refractivity contribution < 1.29 is 18.9 Å². The van der Waals surface area contributed by atoms with Crippen LogP contribution in [-0.2, 0) is 29.8 Å². The molecule has 0 aliphatic heterocycles. The van der Waals surface area contributed by atoms with Crippen molar-refractivity contribution >= 4 is 0 Å². The maximum atomic E-state index is 9.90. The summed E-state index contributed by atoms with van der Waals surface area (Å²) in [4.78, 5) is 0. The number of hydrogen-bond donors (Lipinski definition) is 0. The van der Waals surface area contributed by atoms with E-state index in [9.17, 15) is 21.0 Å². The van der Waals surface area contributed by atoms with Crippen LogP contribution in [0.15, 0.2) is 97.1 Å². The molecule has 0 bridgehead atoms. The van der Waals surface area contributed by atoms with Crippen LogP contribution in [0.2, 0.25) is 0 Å². The highest BCUT2D eigenvalue weighted by molar-refractivity contribution is 5.89. The van der Waals surface area contributed by atoms with E-state index < -0.39 is 33.2 Å². The molecule has 0 radical (unpaired) electrons. The first-order chi connectivity index (χ1) is 22.4. The summed E-state index contributed by atoms with van der Waals surface area (Å²) in [6.45, 7) is 0. The summed E-state index contributed by atoms with van der Waals surface area (Å²) < 4.78 is 22.7. The van der Waals surface area contributed by atoms with E-state index in [1.54, 1.807) is 0 Å². The first-order valence-electron chi connectivity index (χ1n) is 14.7. The fraction of sp³-hybridized carbons (Fsp3) is 0.263. The molecule has 4 aromatic rings. The summed E-state index contributed by atoms with van der Waals surface area (Å²) in [6, 6.07) is 40.2. The molecule has 8 rings (SSSR count). The van der Waals surface area contributed by atoms with Crippen molar-refractivity contribution in [2.45, 2.75) is 22.4 Å². The highest BCUT2D eigenvalue weighted by Gasteiger charge is 2.96. The topological polar surface area (TPSA) is 132 Å². The van der Waals surface area contributed by atoms with E-state index in [2.05, 4.69) is 24.3 Å². The normalized spacial score (nSPS) is 20.2. The minimum atomic E-state index is -1.42. The Morgan fingerprint density at radius 3 is 0.783 bits per heavy atom. The molecule has 0 heterocycles. The molecule has 46 heavy (non-hydrogen) atoms. The van der Waals surface area contributed by atoms with Crippen LogP contribution in [0.5, 0.6) is 0 Å². The van der Waals surface area contributed by atoms with Gasteiger partial charge in [0.1, 0.15) is 10.8 Å². The quantitative estimate of drug-likeness (QED) is 0.260. The molecule has 0 atom stereocenters. The first-order valence-corrected chi connectivity index (χ1v) is 14.7. The zero-order valence-corrected chi connectivity index (χ0v) is 25.7. The summed E-state index contributed by atoms with van der Waals surface area (Å²) in [5, 5.41) is 39.6. The van der Waals surface area contributed by atoms with Crippen molar-refractivity contribution in [3.63, 3.8) is 0 Å². The lowest BCUT2D eigenvalue weighted by atomic mass is 9.85. The second-order valence-electron chi connectivity index (χ2n) is 11.7. The summed E-state index contributed by atoms with van der Waals surface area (Å²) >= 11 is 0. The van der Waals surface area contributed by atoms with Gasteiger partial charge in [0, 0.05) is 28.4 Å². The van der Waals surface area contributed by atoms with Gasteiger partial charge in [0.15, 0.2) is 0 Å². The molecule has 2 saturated carbocycles. The van der Waals surface area contributed by atoms with Gasteiger partial charge >= 0.3 is 0 Å². The second kappa shape index (κ2) is 9.59. The van der Waals surface area contributed by atoms with E-state index in [0.717, 1.165) is 44.5 Å². The molecule has 4 aliphatic rings. The number of ether oxygens (including phenoxy) is 4. The Morgan fingerprint density at radius 1 is 0.391 bits per heavy atom. The minimum absolute atomic E-state index is 0.910. The zero-order valence-electron chi connectivity index (χ0n) is 25.7. The number of hydrogen-bond acceptors (Lipinski definition) is 8. The molecule has 4 aromatic carbocycles. The van der Waals surface area contributed by atoms with Crippen molar-refractivity contribution in [1.82, 2.24) is 0 Å². The van der Waals surface area contributed by atoms with Crippen LogP contribution >= 0.6 is 0 Å². The maximum Gasteiger partial charge on any atom is 0.218 e. The molecule has 0 saturated heterocycles. The third-order valence-electron chi connectivity index (χ3n) is 10.7. The van der Waals surface area contributed by atoms with Gasteiger partial charge in [-0.1, -0.05) is 97.1 Å². The van der Waals surface area contributed by atoms with Gasteiger partial charge in [-0.15, -0.1) is 0 Å². The fourth-order valence-electron chi connectivity index (χ4n) is 9.07. The molecule has 0 N–H and O–H groups in total. The summed E-state index contributed by atoms with van der Waals surface area (Å²) in [5.74, 6) is -2.63. The van der Waals surface area contributed by atoms with Crippen molar-refractivity contribution in [2.24, 2.45) is 10.8 Å². The highest BCUT2D eigenvalue weighted by Crippen LogP contribution is 2.81. The van der Waals surface area contributed by atoms with Crippen molar-refractivity contribution in [3.8, 4) is 46.5 Å². The Hall–Kier alpha value is -5.32. The molecule has 224 valence electrons. The Balaban J connectivity index is 0.000000147. The highest BCUT2D eigenvalue weighted by atomic mass is 16.7. The predicted octanol–water partition coefficient (Wildman–Crippen LogP) is 5.98. The number of rotatable bonds is 4. The fourth-order valence-corrected chi connectivity index (χ4v) is 9.07. The average molecular weight is 605 g/mol. The van der Waals surface area contributed by atoms with E-state index in [1.165, 1.54) is 28.4 Å². The smallest absolute Gasteiger partial charge is 0.218 e. The maximum absolute atomic E-state index is 9.90. The molecular formula is C38H28N4O4. The van der Waals surface area contributed by atoms with Crippen molar-refractivity contribution in [3.05, 3.63) is 119 Å². The Bertz CT molecular complexity index is 1830. The standard InChI is InChI=1S/2C19H14N2O2/c2*1-22-19(23-2)17(11-20,12-21)18(19)15-9-5-3-7-13(15)14-8-4-6-10-16(14)18/h2*3-10H,1-2H3. The first kappa shape index (κ1) is 29.4. The lowest BCUT2D eigenvalue weighted by Gasteiger charge is -2.20. The predicted molar refractivity (Wildman–Crippen MR) is 166 cm³/mol. The molecule has 2 spiro atoms. The molecule has 0 aromatic heterocycles. The van der Waals surface area contributed by atoms with Crippen molar-refractivity contribution in [2.75, 3.05) is 28.4 Å². The SMILES string of the molecule is COC1(OC)C(C#N)(C#N)C12c1ccccc1-c1ccccc12.COC1(OC)C(C#N)(C#N)C12c1ccccc1-c1ccccc12. The van der Waals surface area contributed by atoms with Crippen LogP contribution in [0.4, 0.5) is 0 Å². The average Bonchev–Trinajstić information content (AvgIpc) is 3.75. The lowest BCUT2D eigenvalue weighted by Crippen LogP contribution is -2.28. The van der Waals surface area contributed by atoms with E-state index in [1.807, 2.05) is 97.1 Å². The van der Waals surface area contributed by atoms with E-state index >= 15 is 0 Å².